The highest BCUT2D eigenvalue weighted by molar-refractivity contribution is 7.26. The second kappa shape index (κ2) is 14.0. The molecule has 2 aliphatic carbocycles. The first-order valence-corrected chi connectivity index (χ1v) is 25.5. The van der Waals surface area contributed by atoms with Crippen molar-refractivity contribution in [2.45, 2.75) is 5.41 Å². The van der Waals surface area contributed by atoms with Crippen LogP contribution in [0.25, 0.3) is 128 Å². The molecular formula is C67H38S2. The zero-order valence-corrected chi connectivity index (χ0v) is 38.9. The smallest absolute Gasteiger partial charge is 0.0725 e. The van der Waals surface area contributed by atoms with E-state index >= 15 is 0 Å². The second-order valence-corrected chi connectivity index (χ2v) is 21.0. The summed E-state index contributed by atoms with van der Waals surface area (Å²) in [5, 5.41) is 12.9. The normalized spacial score (nSPS) is 13.3. The number of thiophene rings is 2. The number of rotatable bonds is 3. The molecule has 0 saturated heterocycles. The van der Waals surface area contributed by atoms with Gasteiger partial charge in [-0.25, -0.2) is 0 Å². The molecule has 0 bridgehead atoms. The fraction of sp³-hybridized carbons (Fsp3) is 0.0149. The number of hydrogen-bond donors (Lipinski definition) is 0. The third-order valence-corrected chi connectivity index (χ3v) is 18.1. The van der Waals surface area contributed by atoms with Gasteiger partial charge in [-0.15, -0.1) is 22.7 Å². The Kier molecular flexibility index (Phi) is 7.67. The monoisotopic (exact) mass is 906 g/mol. The molecule has 0 fully saturated rings. The molecule has 2 heteroatoms. The molecule has 0 nitrogen and oxygen atoms in total. The highest BCUT2D eigenvalue weighted by atomic mass is 32.1. The Bertz CT molecular complexity index is 4340. The van der Waals surface area contributed by atoms with Crippen LogP contribution in [0.4, 0.5) is 0 Å². The van der Waals surface area contributed by atoms with Gasteiger partial charge in [-0.05, 0) is 117 Å². The largest absolute Gasteiger partial charge is 0.135 e. The summed E-state index contributed by atoms with van der Waals surface area (Å²) in [6.07, 6.45) is 0. The van der Waals surface area contributed by atoms with Gasteiger partial charge in [0.2, 0.25) is 0 Å². The number of fused-ring (bicyclic) bond motifs is 20. The minimum absolute atomic E-state index is 0.484. The predicted octanol–water partition coefficient (Wildman–Crippen LogP) is 19.2. The molecule has 2 heterocycles. The maximum Gasteiger partial charge on any atom is 0.0725 e. The molecule has 2 aromatic heterocycles. The van der Waals surface area contributed by atoms with Crippen molar-refractivity contribution in [1.82, 2.24) is 0 Å². The van der Waals surface area contributed by atoms with E-state index in [1.165, 1.54) is 151 Å². The van der Waals surface area contributed by atoms with Gasteiger partial charge in [-0.3, -0.25) is 0 Å². The Morgan fingerprint density at radius 3 is 1.26 bits per heavy atom. The molecule has 1 spiro atoms. The lowest BCUT2D eigenvalue weighted by molar-refractivity contribution is 0.794. The van der Waals surface area contributed by atoms with Crippen LogP contribution >= 0.6 is 22.7 Å². The predicted molar refractivity (Wildman–Crippen MR) is 297 cm³/mol. The molecule has 0 amide bonds. The fourth-order valence-corrected chi connectivity index (χ4v) is 15.5. The van der Waals surface area contributed by atoms with E-state index in [0.29, 0.717) is 0 Å². The van der Waals surface area contributed by atoms with Gasteiger partial charge in [0.25, 0.3) is 0 Å². The quantitative estimate of drug-likeness (QED) is 0.155. The lowest BCUT2D eigenvalue weighted by Crippen LogP contribution is -2.25. The van der Waals surface area contributed by atoms with Crippen LogP contribution in [0.5, 0.6) is 0 Å². The molecule has 69 heavy (non-hydrogen) atoms. The third kappa shape index (κ3) is 4.92. The van der Waals surface area contributed by atoms with Crippen molar-refractivity contribution in [2.24, 2.45) is 0 Å². The van der Waals surface area contributed by atoms with Crippen LogP contribution in [0, 0.1) is 0 Å². The second-order valence-electron chi connectivity index (χ2n) is 18.9. The van der Waals surface area contributed by atoms with Crippen LogP contribution in [0.3, 0.4) is 0 Å². The van der Waals surface area contributed by atoms with Gasteiger partial charge in [-0.2, -0.15) is 0 Å². The zero-order chi connectivity index (χ0) is 45.0. The summed E-state index contributed by atoms with van der Waals surface area (Å²) in [5.74, 6) is 0. The topological polar surface area (TPSA) is 0 Å². The molecule has 14 aromatic rings. The maximum atomic E-state index is 2.54. The van der Waals surface area contributed by atoms with Crippen molar-refractivity contribution in [2.75, 3.05) is 0 Å². The summed E-state index contributed by atoms with van der Waals surface area (Å²) in [5.41, 5.74) is 17.9. The molecule has 0 saturated carbocycles. The van der Waals surface area contributed by atoms with Gasteiger partial charge in [0, 0.05) is 51.5 Å². The Hall–Kier alpha value is -8.14. The summed E-state index contributed by atoms with van der Waals surface area (Å²) < 4.78 is 5.30. The number of hydrogen-bond acceptors (Lipinski definition) is 2. The molecule has 0 atom stereocenters. The van der Waals surface area contributed by atoms with Crippen molar-refractivity contribution in [3.63, 3.8) is 0 Å². The molecule has 0 N–H and O–H groups in total. The summed E-state index contributed by atoms with van der Waals surface area (Å²) in [7, 11) is 0. The molecule has 2 aliphatic rings. The van der Waals surface area contributed by atoms with Crippen molar-refractivity contribution in [3.05, 3.63) is 253 Å². The molecule has 0 aliphatic heterocycles. The highest BCUT2D eigenvalue weighted by Crippen LogP contribution is 2.65. The van der Waals surface area contributed by atoms with Crippen molar-refractivity contribution in [1.29, 1.82) is 0 Å². The first kappa shape index (κ1) is 37.9. The molecule has 318 valence electrons. The molecular weight excluding hydrogens is 869 g/mol. The first-order chi connectivity index (χ1) is 34.3. The lowest BCUT2D eigenvalue weighted by Gasteiger charge is -2.30. The van der Waals surface area contributed by atoms with Crippen LogP contribution in [0.15, 0.2) is 231 Å². The Labute approximate surface area is 406 Å². The Morgan fingerprint density at radius 1 is 0.232 bits per heavy atom. The third-order valence-electron chi connectivity index (χ3n) is 15.7. The van der Waals surface area contributed by atoms with Crippen LogP contribution in [-0.2, 0) is 5.41 Å². The van der Waals surface area contributed by atoms with E-state index in [2.05, 4.69) is 231 Å². The zero-order valence-electron chi connectivity index (χ0n) is 37.3. The summed E-state index contributed by atoms with van der Waals surface area (Å²) in [4.78, 5) is 0. The van der Waals surface area contributed by atoms with Gasteiger partial charge >= 0.3 is 0 Å². The maximum absolute atomic E-state index is 2.54. The van der Waals surface area contributed by atoms with Crippen LogP contribution in [0.1, 0.15) is 22.3 Å². The van der Waals surface area contributed by atoms with E-state index in [-0.39, 0.29) is 0 Å². The van der Waals surface area contributed by atoms with Gasteiger partial charge in [-0.1, -0.05) is 212 Å². The fourth-order valence-electron chi connectivity index (χ4n) is 13.0. The van der Waals surface area contributed by atoms with Crippen LogP contribution in [-0.4, -0.2) is 0 Å². The van der Waals surface area contributed by atoms with Crippen molar-refractivity contribution >= 4 is 95.3 Å². The summed E-state index contributed by atoms with van der Waals surface area (Å²) in [6.45, 7) is 0. The SMILES string of the molecule is c1ccc2c(c1)-c1ccccc1C21c2cccc(-c3c4cccc(-c5cccc6c5sc5ccccc56)c4cc4c(-c5cccc6c5sc5ccccc56)cccc34)c2-c2c1ccc1ccccc21. The average molecular weight is 907 g/mol. The molecule has 16 rings (SSSR count). The van der Waals surface area contributed by atoms with E-state index in [4.69, 9.17) is 0 Å². The highest BCUT2D eigenvalue weighted by Gasteiger charge is 2.52. The summed E-state index contributed by atoms with van der Waals surface area (Å²) in [6, 6.07) is 87.7. The van der Waals surface area contributed by atoms with E-state index < -0.39 is 5.41 Å². The van der Waals surface area contributed by atoms with Gasteiger partial charge < -0.3 is 0 Å². The van der Waals surface area contributed by atoms with Crippen molar-refractivity contribution in [3.8, 4) is 55.6 Å². The minimum atomic E-state index is -0.484. The molecule has 0 radical (unpaired) electrons. The van der Waals surface area contributed by atoms with E-state index in [0.717, 1.165) is 0 Å². The summed E-state index contributed by atoms with van der Waals surface area (Å²) >= 11 is 3.82. The van der Waals surface area contributed by atoms with Crippen LogP contribution < -0.4 is 0 Å². The lowest BCUT2D eigenvalue weighted by atomic mass is 9.70. The van der Waals surface area contributed by atoms with Gasteiger partial charge in [0.1, 0.15) is 0 Å². The average Bonchev–Trinajstić information content (AvgIpc) is 4.16. The molecule has 12 aromatic carbocycles. The minimum Gasteiger partial charge on any atom is -0.135 e. The van der Waals surface area contributed by atoms with E-state index in [1.54, 1.807) is 0 Å². The van der Waals surface area contributed by atoms with Gasteiger partial charge in [0.05, 0.1) is 5.41 Å². The Balaban J connectivity index is 1.08. The standard InChI is InChI=1S/C67H38S2/c1-2-17-40-39(16-1)36-37-59-63(40)64-53(30-15-33-58(64)67(59)56-31-7-3-18-43(56)44-19-4-8-32-57(44)67)62-47-24-11-22-41(49-26-13-28-51-45-20-5-9-34-60(45)68-65(49)51)54(47)38-55-42(23-12-25-48(55)62)50-27-14-29-52-46-21-6-10-35-61(46)69-66(50)52/h1-38H. The number of benzene rings is 12. The van der Waals surface area contributed by atoms with E-state index in [1.807, 2.05) is 22.7 Å². The van der Waals surface area contributed by atoms with Crippen molar-refractivity contribution < 1.29 is 0 Å². The van der Waals surface area contributed by atoms with E-state index in [9.17, 15) is 0 Å². The molecule has 0 unspecified atom stereocenters. The Morgan fingerprint density at radius 2 is 0.652 bits per heavy atom. The first-order valence-electron chi connectivity index (χ1n) is 23.9. The van der Waals surface area contributed by atoms with Crippen LogP contribution in [0.2, 0.25) is 0 Å². The van der Waals surface area contributed by atoms with Gasteiger partial charge in [0.15, 0.2) is 0 Å².